The highest BCUT2D eigenvalue weighted by Crippen LogP contribution is 2.34. The van der Waals surface area contributed by atoms with Crippen LogP contribution in [0.5, 0.6) is 5.75 Å². The third-order valence-corrected chi connectivity index (χ3v) is 5.99. The van der Waals surface area contributed by atoms with Crippen molar-refractivity contribution in [3.8, 4) is 5.75 Å². The molecule has 0 aromatic heterocycles. The fraction of sp³-hybridized carbons (Fsp3) is 0.346. The molecule has 0 spiro atoms. The van der Waals surface area contributed by atoms with Gasteiger partial charge in [0.05, 0.1) is 14.5 Å². The zero-order valence-corrected chi connectivity index (χ0v) is 18.5. The highest BCUT2D eigenvalue weighted by Gasteiger charge is 2.39. The molecule has 3 aliphatic rings. The van der Waals surface area contributed by atoms with E-state index in [-0.39, 0.29) is 36.9 Å². The van der Waals surface area contributed by atoms with E-state index in [0.717, 1.165) is 16.0 Å². The number of piperidine rings is 1. The van der Waals surface area contributed by atoms with Crippen LogP contribution >= 0.6 is 0 Å². The maximum Gasteiger partial charge on any atom is 0.255 e. The molecule has 2 aromatic carbocycles. The van der Waals surface area contributed by atoms with Crippen LogP contribution in [0.2, 0.25) is 1.41 Å². The summed E-state index contributed by atoms with van der Waals surface area (Å²) in [6, 6.07) is 10.1. The number of ether oxygens (including phenoxy) is 2. The van der Waals surface area contributed by atoms with E-state index in [1.54, 1.807) is 23.1 Å². The van der Waals surface area contributed by atoms with E-state index >= 15 is 0 Å². The minimum atomic E-state index is -2.44. The van der Waals surface area contributed by atoms with Gasteiger partial charge in [-0.2, -0.15) is 0 Å². The molecule has 2 saturated heterocycles. The lowest BCUT2D eigenvalue weighted by Crippen LogP contribution is -2.49. The second-order valence-electron chi connectivity index (χ2n) is 8.27. The maximum absolute atomic E-state index is 13.3. The lowest BCUT2D eigenvalue weighted by Gasteiger charge is -2.31. The lowest BCUT2D eigenvalue weighted by atomic mass is 10.0. The van der Waals surface area contributed by atoms with Crippen LogP contribution in [0.3, 0.4) is 0 Å². The molecule has 3 heterocycles. The van der Waals surface area contributed by atoms with Crippen molar-refractivity contribution in [1.29, 1.82) is 0 Å². The molecular weight excluding hydrogens is 434 g/mol. The van der Waals surface area contributed by atoms with Crippen LogP contribution in [0.4, 0.5) is 0 Å². The predicted octanol–water partition coefficient (Wildman–Crippen LogP) is 2.37. The van der Waals surface area contributed by atoms with Crippen molar-refractivity contribution in [2.24, 2.45) is 0 Å². The quantitative estimate of drug-likeness (QED) is 0.708. The van der Waals surface area contributed by atoms with Crippen LogP contribution in [0.1, 0.15) is 44.0 Å². The molecule has 5 rings (SSSR count). The molecule has 1 N–H and O–H groups in total. The van der Waals surface area contributed by atoms with Gasteiger partial charge < -0.3 is 24.6 Å². The topological polar surface area (TPSA) is 88.2 Å². The molecule has 0 bridgehead atoms. The molecule has 8 nitrogen and oxygen atoms in total. The second-order valence-corrected chi connectivity index (χ2v) is 8.27. The minimum Gasteiger partial charge on any atom is -0.489 e. The Labute approximate surface area is 203 Å². The van der Waals surface area contributed by atoms with Crippen molar-refractivity contribution >= 4 is 17.7 Å². The Hall–Kier alpha value is -3.65. The van der Waals surface area contributed by atoms with Crippen LogP contribution in [0.15, 0.2) is 54.7 Å². The number of carbonyl (C=O) groups is 3. The van der Waals surface area contributed by atoms with Gasteiger partial charge in [0.1, 0.15) is 25.0 Å². The number of nitrogens with zero attached hydrogens (tertiary/aromatic N) is 2. The van der Waals surface area contributed by atoms with Gasteiger partial charge in [-0.25, -0.2) is 0 Å². The Balaban J connectivity index is 1.30. The Morgan fingerprint density at radius 2 is 2.00 bits per heavy atom. The molecule has 3 unspecified atom stereocenters. The number of allylic oxidation sites excluding steroid dienone is 1. The summed E-state index contributed by atoms with van der Waals surface area (Å²) >= 11 is 0. The van der Waals surface area contributed by atoms with Gasteiger partial charge in [0.25, 0.3) is 5.91 Å². The average Bonchev–Trinajstić information content (AvgIpc) is 3.28. The number of nitrogens with one attached hydrogen (secondary N) is 1. The van der Waals surface area contributed by atoms with Crippen LogP contribution in [0, 0.1) is 0 Å². The van der Waals surface area contributed by atoms with E-state index in [0.29, 0.717) is 36.3 Å². The van der Waals surface area contributed by atoms with Crippen molar-refractivity contribution < 1.29 is 29.4 Å². The van der Waals surface area contributed by atoms with Gasteiger partial charge in [-0.3, -0.25) is 14.4 Å². The summed E-state index contributed by atoms with van der Waals surface area (Å²) in [6.07, 6.45) is -3.03. The fourth-order valence-corrected chi connectivity index (χ4v) is 4.15. The van der Waals surface area contributed by atoms with Gasteiger partial charge >= 0.3 is 0 Å². The monoisotopic (exact) mass is 465 g/mol. The molecule has 0 radical (unpaired) electrons. The van der Waals surface area contributed by atoms with Crippen LogP contribution in [0.25, 0.3) is 0 Å². The molecule has 3 amide bonds. The smallest absolute Gasteiger partial charge is 0.255 e. The molecule has 2 fully saturated rings. The standard InChI is InChI=1S/C26H27N3O5/c1-17-5-10-22(25(31)27-17)29-14-21-20(26(29)32)3-2-4-23(21)34-15-19-8-6-18(7-9-19)13-28-11-12-33-16-24(28)30/h2-4,6-9,22H,1,5,10-16H2,(H,27,31)/i5D,10D,22D/hD. The van der Waals surface area contributed by atoms with E-state index in [4.69, 9.17) is 15.0 Å². The van der Waals surface area contributed by atoms with Gasteiger partial charge in [0, 0.05) is 32.7 Å². The van der Waals surface area contributed by atoms with Crippen molar-refractivity contribution in [2.75, 3.05) is 19.8 Å². The van der Waals surface area contributed by atoms with E-state index in [9.17, 15) is 14.4 Å². The van der Waals surface area contributed by atoms with Crippen molar-refractivity contribution in [2.45, 2.75) is 38.5 Å². The summed E-state index contributed by atoms with van der Waals surface area (Å²) in [5, 5.41) is 0.349. The largest absolute Gasteiger partial charge is 0.489 e. The number of amides is 3. The molecule has 3 aliphatic heterocycles. The predicted molar refractivity (Wildman–Crippen MR) is 124 cm³/mol. The van der Waals surface area contributed by atoms with Crippen LogP contribution < -0.4 is 10.0 Å². The van der Waals surface area contributed by atoms with Crippen LogP contribution in [-0.2, 0) is 34.0 Å². The zero-order valence-electron chi connectivity index (χ0n) is 22.5. The summed E-state index contributed by atoms with van der Waals surface area (Å²) in [5.41, 5.74) is 2.38. The van der Waals surface area contributed by atoms with E-state index < -0.39 is 30.6 Å². The first-order valence-electron chi connectivity index (χ1n) is 13.1. The second kappa shape index (κ2) is 9.30. The van der Waals surface area contributed by atoms with Gasteiger partial charge in [-0.05, 0) is 36.1 Å². The first kappa shape index (κ1) is 17.8. The first-order chi connectivity index (χ1) is 18.1. The van der Waals surface area contributed by atoms with Gasteiger partial charge in [0.15, 0.2) is 1.41 Å². The maximum atomic E-state index is 13.3. The first-order valence-corrected chi connectivity index (χ1v) is 11.0. The number of benzene rings is 2. The summed E-state index contributed by atoms with van der Waals surface area (Å²) in [7, 11) is 0. The fourth-order valence-electron chi connectivity index (χ4n) is 4.15. The van der Waals surface area contributed by atoms with Crippen LogP contribution in [-0.4, -0.2) is 53.3 Å². The SMILES string of the molecule is [2H]C1C(=C)N([2H])C(=O)C([2H])(N2Cc3c(OCc4ccc(CN5CCOCC5=O)cc4)cccc3C2=O)C1[2H]. The normalized spacial score (nSPS) is 28.9. The molecule has 8 heteroatoms. The summed E-state index contributed by atoms with van der Waals surface area (Å²) in [4.78, 5) is 40.8. The summed E-state index contributed by atoms with van der Waals surface area (Å²) in [6.45, 7) is 5.24. The number of hydrogen-bond acceptors (Lipinski definition) is 5. The van der Waals surface area contributed by atoms with Crippen molar-refractivity contribution in [1.82, 2.24) is 15.1 Å². The Bertz CT molecular complexity index is 1310. The third-order valence-electron chi connectivity index (χ3n) is 5.99. The zero-order chi connectivity index (χ0) is 27.2. The molecule has 0 aliphatic carbocycles. The Morgan fingerprint density at radius 3 is 2.79 bits per heavy atom. The number of morpholine rings is 1. The summed E-state index contributed by atoms with van der Waals surface area (Å²) < 4.78 is 44.4. The molecule has 176 valence electrons. The van der Waals surface area contributed by atoms with Gasteiger partial charge in [-0.1, -0.05) is 36.9 Å². The molecular formula is C26H27N3O5. The molecule has 2 aromatic rings. The molecule has 0 saturated carbocycles. The minimum absolute atomic E-state index is 0.0371. The van der Waals surface area contributed by atoms with E-state index in [2.05, 4.69) is 6.58 Å². The van der Waals surface area contributed by atoms with Crippen molar-refractivity contribution in [3.05, 3.63) is 77.0 Å². The molecule has 3 atom stereocenters. The Kier molecular flexibility index (Phi) is 4.86. The van der Waals surface area contributed by atoms with Gasteiger partial charge in [0.2, 0.25) is 11.8 Å². The number of fused-ring (bicyclic) bond motifs is 1. The van der Waals surface area contributed by atoms with E-state index in [1.807, 2.05) is 24.3 Å². The lowest BCUT2D eigenvalue weighted by molar-refractivity contribution is -0.143. The number of carbonyl (C=O) groups excluding carboxylic acids is 3. The number of hydrogen-bond donors (Lipinski definition) is 1. The van der Waals surface area contributed by atoms with Crippen molar-refractivity contribution in [3.63, 3.8) is 0 Å². The highest BCUT2D eigenvalue weighted by atomic mass is 16.5. The average molecular weight is 466 g/mol. The number of rotatable bonds is 6. The summed E-state index contributed by atoms with van der Waals surface area (Å²) in [5.74, 6) is -1.34. The third kappa shape index (κ3) is 4.41. The molecule has 34 heavy (non-hydrogen) atoms. The van der Waals surface area contributed by atoms with Gasteiger partial charge in [-0.15, -0.1) is 0 Å². The van der Waals surface area contributed by atoms with E-state index in [1.165, 1.54) is 0 Å². The highest BCUT2D eigenvalue weighted by molar-refractivity contribution is 6.02. The Morgan fingerprint density at radius 1 is 1.21 bits per heavy atom.